The first kappa shape index (κ1) is 14.3. The fourth-order valence-electron chi connectivity index (χ4n) is 1.57. The first-order chi connectivity index (χ1) is 8.89. The Bertz CT molecular complexity index is 586. The van der Waals surface area contributed by atoms with E-state index in [4.69, 9.17) is 16.7 Å². The molecule has 3 N–H and O–H groups in total. The second-order valence-electron chi connectivity index (χ2n) is 4.31. The van der Waals surface area contributed by atoms with E-state index in [1.165, 1.54) is 12.1 Å². The van der Waals surface area contributed by atoms with Crippen molar-refractivity contribution >= 4 is 27.8 Å². The van der Waals surface area contributed by atoms with Crippen molar-refractivity contribution in [3.63, 3.8) is 0 Å². The first-order valence-electron chi connectivity index (χ1n) is 5.66. The highest BCUT2D eigenvalue weighted by atomic mass is 35.5. The molecule has 1 saturated carbocycles. The van der Waals surface area contributed by atoms with Crippen LogP contribution in [0.1, 0.15) is 24.4 Å². The van der Waals surface area contributed by atoms with E-state index >= 15 is 0 Å². The molecule has 1 aromatic carbocycles. The Balaban J connectivity index is 2.21. The SMILES string of the molecule is O=C(O)[C@H](NS(=O)(=O)NC1CC1)c1ccccc1Cl. The fraction of sp³-hybridized carbons (Fsp3) is 0.364. The normalized spacial score (nSPS) is 17.1. The van der Waals surface area contributed by atoms with E-state index in [9.17, 15) is 13.2 Å². The molecule has 0 amide bonds. The summed E-state index contributed by atoms with van der Waals surface area (Å²) < 4.78 is 28.0. The zero-order chi connectivity index (χ0) is 14.0. The molecule has 1 aliphatic carbocycles. The molecule has 6 nitrogen and oxygen atoms in total. The van der Waals surface area contributed by atoms with E-state index in [0.29, 0.717) is 0 Å². The third-order valence-corrected chi connectivity index (χ3v) is 4.17. The maximum absolute atomic E-state index is 11.8. The molecule has 0 heterocycles. The highest BCUT2D eigenvalue weighted by Crippen LogP contribution is 2.24. The molecule has 0 aliphatic heterocycles. The minimum Gasteiger partial charge on any atom is -0.480 e. The van der Waals surface area contributed by atoms with Crippen LogP contribution in [0.15, 0.2) is 24.3 Å². The largest absolute Gasteiger partial charge is 0.480 e. The number of halogens is 1. The molecule has 1 fully saturated rings. The van der Waals surface area contributed by atoms with Crippen LogP contribution in [-0.4, -0.2) is 25.5 Å². The van der Waals surface area contributed by atoms with Gasteiger partial charge in [-0.15, -0.1) is 0 Å². The van der Waals surface area contributed by atoms with E-state index in [2.05, 4.69) is 9.44 Å². The van der Waals surface area contributed by atoms with Gasteiger partial charge in [0.05, 0.1) is 0 Å². The van der Waals surface area contributed by atoms with Crippen LogP contribution in [0.25, 0.3) is 0 Å². The predicted octanol–water partition coefficient (Wildman–Crippen LogP) is 1.05. The maximum Gasteiger partial charge on any atom is 0.326 e. The molecule has 0 radical (unpaired) electrons. The summed E-state index contributed by atoms with van der Waals surface area (Å²) in [6.07, 6.45) is 1.54. The summed E-state index contributed by atoms with van der Waals surface area (Å²) in [5.41, 5.74) is 0.206. The second kappa shape index (κ2) is 5.46. The molecule has 0 bridgehead atoms. The van der Waals surface area contributed by atoms with Gasteiger partial charge in [-0.3, -0.25) is 4.79 Å². The van der Waals surface area contributed by atoms with Crippen molar-refractivity contribution in [3.05, 3.63) is 34.9 Å². The topological polar surface area (TPSA) is 95.5 Å². The zero-order valence-corrected chi connectivity index (χ0v) is 11.4. The van der Waals surface area contributed by atoms with Crippen molar-refractivity contribution in [2.24, 2.45) is 0 Å². The van der Waals surface area contributed by atoms with Crippen LogP contribution in [0.5, 0.6) is 0 Å². The Hall–Kier alpha value is -1.15. The maximum atomic E-state index is 11.8. The highest BCUT2D eigenvalue weighted by Gasteiger charge is 2.31. The number of rotatable bonds is 6. The molecule has 1 atom stereocenters. The van der Waals surface area contributed by atoms with Gasteiger partial charge in [-0.2, -0.15) is 17.9 Å². The van der Waals surface area contributed by atoms with Crippen LogP contribution < -0.4 is 9.44 Å². The average Bonchev–Trinajstić information content (AvgIpc) is 3.10. The zero-order valence-electron chi connectivity index (χ0n) is 9.84. The van der Waals surface area contributed by atoms with Crippen molar-refractivity contribution in [2.75, 3.05) is 0 Å². The lowest BCUT2D eigenvalue weighted by Crippen LogP contribution is -2.42. The lowest BCUT2D eigenvalue weighted by atomic mass is 10.1. The van der Waals surface area contributed by atoms with Gasteiger partial charge in [-0.1, -0.05) is 29.8 Å². The molecule has 0 unspecified atom stereocenters. The summed E-state index contributed by atoms with van der Waals surface area (Å²) in [5.74, 6) is -1.31. The Kier molecular flexibility index (Phi) is 4.10. The Labute approximate surface area is 116 Å². The second-order valence-corrected chi connectivity index (χ2v) is 6.19. The van der Waals surface area contributed by atoms with Crippen LogP contribution in [0.4, 0.5) is 0 Å². The van der Waals surface area contributed by atoms with E-state index in [-0.39, 0.29) is 16.6 Å². The molecule has 104 valence electrons. The van der Waals surface area contributed by atoms with Crippen LogP contribution in [-0.2, 0) is 15.0 Å². The summed E-state index contributed by atoms with van der Waals surface area (Å²) in [5, 5.41) is 9.35. The average molecular weight is 305 g/mol. The van der Waals surface area contributed by atoms with Gasteiger partial charge >= 0.3 is 5.97 Å². The van der Waals surface area contributed by atoms with Gasteiger partial charge in [0.15, 0.2) is 0 Å². The molecule has 1 aromatic rings. The number of carbonyl (C=O) groups is 1. The van der Waals surface area contributed by atoms with Gasteiger partial charge in [-0.05, 0) is 24.5 Å². The summed E-state index contributed by atoms with van der Waals surface area (Å²) in [7, 11) is -3.87. The summed E-state index contributed by atoms with van der Waals surface area (Å²) in [4.78, 5) is 11.2. The van der Waals surface area contributed by atoms with Crippen LogP contribution in [0.2, 0.25) is 5.02 Å². The molecule has 0 spiro atoms. The number of carboxylic acids is 1. The molecule has 0 saturated heterocycles. The molecule has 19 heavy (non-hydrogen) atoms. The summed E-state index contributed by atoms with van der Waals surface area (Å²) in [6.45, 7) is 0. The fourth-order valence-corrected chi connectivity index (χ4v) is 3.09. The lowest BCUT2D eigenvalue weighted by Gasteiger charge is -2.16. The molecular formula is C11H13ClN2O4S. The van der Waals surface area contributed by atoms with E-state index in [1.807, 2.05) is 0 Å². The van der Waals surface area contributed by atoms with Crippen molar-refractivity contribution in [1.29, 1.82) is 0 Å². The van der Waals surface area contributed by atoms with Gasteiger partial charge in [0.1, 0.15) is 6.04 Å². The molecule has 0 aromatic heterocycles. The van der Waals surface area contributed by atoms with E-state index in [1.54, 1.807) is 12.1 Å². The van der Waals surface area contributed by atoms with E-state index < -0.39 is 22.2 Å². The Morgan fingerprint density at radius 2 is 2.00 bits per heavy atom. The third-order valence-electron chi connectivity index (χ3n) is 2.64. The monoisotopic (exact) mass is 304 g/mol. The van der Waals surface area contributed by atoms with Crippen molar-refractivity contribution in [3.8, 4) is 0 Å². The van der Waals surface area contributed by atoms with Gasteiger partial charge in [0.25, 0.3) is 10.2 Å². The van der Waals surface area contributed by atoms with Gasteiger partial charge in [0, 0.05) is 11.1 Å². The lowest BCUT2D eigenvalue weighted by molar-refractivity contribution is -0.139. The van der Waals surface area contributed by atoms with Crippen molar-refractivity contribution in [1.82, 2.24) is 9.44 Å². The standard InChI is InChI=1S/C11H13ClN2O4S/c12-9-4-2-1-3-8(9)10(11(15)16)14-19(17,18)13-7-5-6-7/h1-4,7,10,13-14H,5-6H2,(H,15,16)/t10-/m1/s1. The van der Waals surface area contributed by atoms with Crippen LogP contribution in [0.3, 0.4) is 0 Å². The summed E-state index contributed by atoms with van der Waals surface area (Å²) in [6, 6.07) is 4.71. The third kappa shape index (κ3) is 3.90. The number of hydrogen-bond acceptors (Lipinski definition) is 3. The molecule has 8 heteroatoms. The van der Waals surface area contributed by atoms with Crippen LogP contribution >= 0.6 is 11.6 Å². The molecular weight excluding hydrogens is 292 g/mol. The van der Waals surface area contributed by atoms with Crippen LogP contribution in [0, 0.1) is 0 Å². The van der Waals surface area contributed by atoms with E-state index in [0.717, 1.165) is 12.8 Å². The number of hydrogen-bond donors (Lipinski definition) is 3. The van der Waals surface area contributed by atoms with Gasteiger partial charge in [0.2, 0.25) is 0 Å². The molecule has 1 aliphatic rings. The number of aliphatic carboxylic acids is 1. The Morgan fingerprint density at radius 3 is 2.53 bits per heavy atom. The minimum atomic E-state index is -3.87. The number of benzene rings is 1. The first-order valence-corrected chi connectivity index (χ1v) is 7.52. The van der Waals surface area contributed by atoms with Crippen molar-refractivity contribution in [2.45, 2.75) is 24.9 Å². The quantitative estimate of drug-likeness (QED) is 0.732. The predicted molar refractivity (Wildman–Crippen MR) is 70.0 cm³/mol. The van der Waals surface area contributed by atoms with Gasteiger partial charge < -0.3 is 5.11 Å². The number of nitrogens with one attached hydrogen (secondary N) is 2. The van der Waals surface area contributed by atoms with Crippen molar-refractivity contribution < 1.29 is 18.3 Å². The minimum absolute atomic E-state index is 0.0989. The summed E-state index contributed by atoms with van der Waals surface area (Å²) >= 11 is 5.89. The molecule has 2 rings (SSSR count). The smallest absolute Gasteiger partial charge is 0.326 e. The Morgan fingerprint density at radius 1 is 1.37 bits per heavy atom. The van der Waals surface area contributed by atoms with Gasteiger partial charge in [-0.25, -0.2) is 0 Å². The highest BCUT2D eigenvalue weighted by molar-refractivity contribution is 7.87. The number of carboxylic acid groups (broad SMARTS) is 1.